The van der Waals surface area contributed by atoms with Crippen molar-refractivity contribution in [1.82, 2.24) is 14.8 Å². The smallest absolute Gasteiger partial charge is 0.217 e. The number of aryl methyl sites for hydroxylation is 1. The lowest BCUT2D eigenvalue weighted by atomic mass is 9.99. The Bertz CT molecular complexity index is 475. The van der Waals surface area contributed by atoms with Gasteiger partial charge in [0.1, 0.15) is 5.82 Å². The van der Waals surface area contributed by atoms with Gasteiger partial charge in [-0.25, -0.2) is 9.67 Å². The predicted octanol–water partition coefficient (Wildman–Crippen LogP) is 1.09. The molecule has 0 radical (unpaired) electrons. The average Bonchev–Trinajstić information content (AvgIpc) is 2.96. The third kappa shape index (κ3) is 1.53. The first kappa shape index (κ1) is 9.59. The van der Waals surface area contributed by atoms with E-state index in [2.05, 4.69) is 10.1 Å². The highest BCUT2D eigenvalue weighted by Crippen LogP contribution is 2.22. The molecule has 0 amide bonds. The molecule has 0 spiro atoms. The molecule has 1 atom stereocenters. The number of hydrogen-bond donors (Lipinski definition) is 1. The molecule has 16 heavy (non-hydrogen) atoms. The summed E-state index contributed by atoms with van der Waals surface area (Å²) in [5.41, 5.74) is 0. The van der Waals surface area contributed by atoms with E-state index in [1.165, 1.54) is 0 Å². The van der Waals surface area contributed by atoms with Crippen molar-refractivity contribution in [3.8, 4) is 11.6 Å². The quantitative estimate of drug-likeness (QED) is 0.821. The summed E-state index contributed by atoms with van der Waals surface area (Å²) in [6, 6.07) is 3.68. The van der Waals surface area contributed by atoms with E-state index in [0.717, 1.165) is 25.2 Å². The highest BCUT2D eigenvalue weighted by molar-refractivity contribution is 5.45. The Morgan fingerprint density at radius 1 is 1.56 bits per heavy atom. The van der Waals surface area contributed by atoms with Crippen LogP contribution in [0.15, 0.2) is 22.8 Å². The second-order valence-electron chi connectivity index (χ2n) is 4.09. The van der Waals surface area contributed by atoms with Gasteiger partial charge in [0.15, 0.2) is 5.76 Å². The van der Waals surface area contributed by atoms with Gasteiger partial charge >= 0.3 is 0 Å². The summed E-state index contributed by atoms with van der Waals surface area (Å²) in [5.74, 6) is 2.60. The van der Waals surface area contributed by atoms with E-state index in [4.69, 9.17) is 9.52 Å². The van der Waals surface area contributed by atoms with Crippen LogP contribution in [0.3, 0.4) is 0 Å². The van der Waals surface area contributed by atoms with Crippen LogP contribution < -0.4 is 0 Å². The number of aliphatic hydroxyl groups is 1. The third-order valence-corrected chi connectivity index (χ3v) is 2.97. The molecule has 2 aromatic heterocycles. The lowest BCUT2D eigenvalue weighted by Gasteiger charge is -2.19. The van der Waals surface area contributed by atoms with Gasteiger partial charge in [-0.3, -0.25) is 0 Å². The molecule has 0 aliphatic carbocycles. The fourth-order valence-corrected chi connectivity index (χ4v) is 2.04. The Labute approximate surface area is 92.7 Å². The van der Waals surface area contributed by atoms with Crippen LogP contribution in [0.25, 0.3) is 11.6 Å². The fraction of sp³-hybridized carbons (Fsp3) is 0.455. The van der Waals surface area contributed by atoms with Crippen LogP contribution in [0.2, 0.25) is 0 Å². The van der Waals surface area contributed by atoms with Gasteiger partial charge in [-0.2, -0.15) is 0 Å². The van der Waals surface area contributed by atoms with Crippen LogP contribution >= 0.6 is 0 Å². The molecule has 0 saturated heterocycles. The van der Waals surface area contributed by atoms with Crippen LogP contribution in [0.4, 0.5) is 0 Å². The maximum atomic E-state index is 9.13. The fourth-order valence-electron chi connectivity index (χ4n) is 2.04. The van der Waals surface area contributed by atoms with Crippen LogP contribution in [0.1, 0.15) is 12.2 Å². The zero-order chi connectivity index (χ0) is 11.0. The van der Waals surface area contributed by atoms with Crippen molar-refractivity contribution in [1.29, 1.82) is 0 Å². The average molecular weight is 219 g/mol. The van der Waals surface area contributed by atoms with Gasteiger partial charge in [0, 0.05) is 19.6 Å². The first-order chi connectivity index (χ1) is 7.86. The molecular weight excluding hydrogens is 206 g/mol. The molecule has 0 saturated carbocycles. The van der Waals surface area contributed by atoms with Crippen LogP contribution in [0.5, 0.6) is 0 Å². The number of rotatable bonds is 2. The van der Waals surface area contributed by atoms with Crippen molar-refractivity contribution in [2.24, 2.45) is 5.92 Å². The van der Waals surface area contributed by atoms with Crippen molar-refractivity contribution in [2.75, 3.05) is 6.61 Å². The molecule has 0 fully saturated rings. The van der Waals surface area contributed by atoms with Crippen molar-refractivity contribution >= 4 is 0 Å². The summed E-state index contributed by atoms with van der Waals surface area (Å²) >= 11 is 0. The van der Waals surface area contributed by atoms with E-state index < -0.39 is 0 Å². The van der Waals surface area contributed by atoms with Crippen molar-refractivity contribution in [3.05, 3.63) is 24.2 Å². The first-order valence-electron chi connectivity index (χ1n) is 5.45. The third-order valence-electron chi connectivity index (χ3n) is 2.97. The van der Waals surface area contributed by atoms with Gasteiger partial charge in [0.05, 0.1) is 6.26 Å². The minimum absolute atomic E-state index is 0.225. The van der Waals surface area contributed by atoms with Crippen LogP contribution in [-0.4, -0.2) is 26.5 Å². The highest BCUT2D eigenvalue weighted by atomic mass is 16.3. The van der Waals surface area contributed by atoms with Gasteiger partial charge < -0.3 is 9.52 Å². The summed E-state index contributed by atoms with van der Waals surface area (Å²) in [7, 11) is 0. The summed E-state index contributed by atoms with van der Waals surface area (Å²) in [6.07, 6.45) is 3.38. The Kier molecular flexibility index (Phi) is 2.25. The molecule has 5 nitrogen and oxygen atoms in total. The highest BCUT2D eigenvalue weighted by Gasteiger charge is 2.22. The Morgan fingerprint density at radius 2 is 2.50 bits per heavy atom. The lowest BCUT2D eigenvalue weighted by Crippen LogP contribution is -2.22. The van der Waals surface area contributed by atoms with Gasteiger partial charge in [-0.15, -0.1) is 5.10 Å². The molecule has 3 rings (SSSR count). The molecule has 0 bridgehead atoms. The van der Waals surface area contributed by atoms with Crippen molar-refractivity contribution < 1.29 is 9.52 Å². The lowest BCUT2D eigenvalue weighted by molar-refractivity contribution is 0.196. The predicted molar refractivity (Wildman–Crippen MR) is 56.6 cm³/mol. The topological polar surface area (TPSA) is 64.1 Å². The molecule has 3 heterocycles. The Morgan fingerprint density at radius 3 is 3.25 bits per heavy atom. The Hall–Kier alpha value is -1.62. The largest absolute Gasteiger partial charge is 0.461 e. The molecule has 1 unspecified atom stereocenters. The maximum Gasteiger partial charge on any atom is 0.217 e. The number of furan rings is 1. The number of fused-ring (bicyclic) bond motifs is 1. The maximum absolute atomic E-state index is 9.13. The zero-order valence-corrected chi connectivity index (χ0v) is 8.83. The van der Waals surface area contributed by atoms with E-state index >= 15 is 0 Å². The Balaban J connectivity index is 1.92. The van der Waals surface area contributed by atoms with Crippen molar-refractivity contribution in [2.45, 2.75) is 19.4 Å². The summed E-state index contributed by atoms with van der Waals surface area (Å²) < 4.78 is 7.17. The van der Waals surface area contributed by atoms with E-state index in [9.17, 15) is 0 Å². The van der Waals surface area contributed by atoms with Gasteiger partial charge in [0.2, 0.25) is 5.82 Å². The molecule has 0 aromatic carbocycles. The first-order valence-corrected chi connectivity index (χ1v) is 5.45. The molecule has 5 heteroatoms. The van der Waals surface area contributed by atoms with E-state index in [-0.39, 0.29) is 6.61 Å². The zero-order valence-electron chi connectivity index (χ0n) is 8.83. The molecular formula is C11H13N3O2. The second-order valence-corrected chi connectivity index (χ2v) is 4.09. The van der Waals surface area contributed by atoms with E-state index in [1.807, 2.05) is 16.8 Å². The summed E-state index contributed by atoms with van der Waals surface area (Å²) in [4.78, 5) is 4.44. The minimum atomic E-state index is 0.225. The normalized spacial score (nSPS) is 19.7. The molecule has 84 valence electrons. The molecule has 1 N–H and O–H groups in total. The SMILES string of the molecule is OCC1CCn2nc(-c3ccco3)nc2C1. The number of hydrogen-bond acceptors (Lipinski definition) is 4. The van der Waals surface area contributed by atoms with Gasteiger partial charge in [-0.1, -0.05) is 0 Å². The molecule has 2 aromatic rings. The van der Waals surface area contributed by atoms with Crippen LogP contribution in [0, 0.1) is 5.92 Å². The monoisotopic (exact) mass is 219 g/mol. The second kappa shape index (κ2) is 3.75. The van der Waals surface area contributed by atoms with Gasteiger partial charge in [0.25, 0.3) is 0 Å². The van der Waals surface area contributed by atoms with Crippen molar-refractivity contribution in [3.63, 3.8) is 0 Å². The van der Waals surface area contributed by atoms with Gasteiger partial charge in [-0.05, 0) is 24.5 Å². The summed E-state index contributed by atoms with van der Waals surface area (Å²) in [5, 5.41) is 13.5. The summed E-state index contributed by atoms with van der Waals surface area (Å²) in [6.45, 7) is 1.05. The molecule has 1 aliphatic rings. The van der Waals surface area contributed by atoms with E-state index in [0.29, 0.717) is 17.5 Å². The van der Waals surface area contributed by atoms with Crippen LogP contribution in [-0.2, 0) is 13.0 Å². The number of nitrogens with zero attached hydrogens (tertiary/aromatic N) is 3. The number of aromatic nitrogens is 3. The number of aliphatic hydroxyl groups excluding tert-OH is 1. The molecule has 1 aliphatic heterocycles. The minimum Gasteiger partial charge on any atom is -0.461 e. The standard InChI is InChI=1S/C11H13N3O2/c15-7-8-3-4-14-10(6-8)12-11(13-14)9-2-1-5-16-9/h1-2,5,8,15H,3-4,6-7H2. The van der Waals surface area contributed by atoms with E-state index in [1.54, 1.807) is 6.26 Å².